The molecule has 44 heavy (non-hydrogen) atoms. The lowest BCUT2D eigenvalue weighted by Crippen LogP contribution is -2.11. The third-order valence-corrected chi connectivity index (χ3v) is 9.83. The second-order valence-electron chi connectivity index (χ2n) is 11.2. The van der Waals surface area contributed by atoms with Gasteiger partial charge in [-0.3, -0.25) is 4.90 Å². The van der Waals surface area contributed by atoms with Gasteiger partial charge in [-0.1, -0.05) is 66.7 Å². The third kappa shape index (κ3) is 3.41. The molecule has 4 nitrogen and oxygen atoms in total. The molecule has 0 aliphatic heterocycles. The summed E-state index contributed by atoms with van der Waals surface area (Å²) in [5.74, 6) is 0.845. The number of benzene rings is 6. The van der Waals surface area contributed by atoms with Crippen LogP contribution in [0.1, 0.15) is 0 Å². The summed E-state index contributed by atoms with van der Waals surface area (Å²) in [5.41, 5.74) is 5.59. The van der Waals surface area contributed by atoms with Crippen LogP contribution in [0.3, 0.4) is 0 Å². The highest BCUT2D eigenvalue weighted by atomic mass is 32.1. The number of hydrogen-bond donors (Lipinski definition) is 0. The number of hydrogen-bond acceptors (Lipinski definition) is 5. The molecule has 0 saturated carbocycles. The molecular formula is C39H22N2O2S. The van der Waals surface area contributed by atoms with E-state index in [0.29, 0.717) is 0 Å². The highest BCUT2D eigenvalue weighted by Gasteiger charge is 2.19. The standard InChI is InChI=1S/C39H22N2O2S/c1-4-10-32-26(7-1)30-20-24(15-18-34(30)42-32)41(25-14-16-28-27-8-3-6-12-36(27)44-37(28)21-25)38-19-23-13-17-35-39(31(23)22-40-38)29-9-2-5-11-33(29)43-35/h1-22H. The topological polar surface area (TPSA) is 42.4 Å². The zero-order valence-corrected chi connectivity index (χ0v) is 24.1. The molecule has 206 valence electrons. The van der Waals surface area contributed by atoms with Gasteiger partial charge in [0.1, 0.15) is 28.1 Å². The predicted octanol–water partition coefficient (Wildman–Crippen LogP) is 11.9. The number of thiophene rings is 1. The van der Waals surface area contributed by atoms with E-state index >= 15 is 0 Å². The average Bonchev–Trinajstić information content (AvgIpc) is 3.75. The molecule has 10 rings (SSSR count). The quantitative estimate of drug-likeness (QED) is 0.208. The van der Waals surface area contributed by atoms with Crippen molar-refractivity contribution in [2.45, 2.75) is 0 Å². The van der Waals surface area contributed by atoms with Crippen LogP contribution >= 0.6 is 11.3 Å². The van der Waals surface area contributed by atoms with Gasteiger partial charge in [-0.2, -0.15) is 0 Å². The first kappa shape index (κ1) is 23.9. The van der Waals surface area contributed by atoms with Crippen molar-refractivity contribution in [1.29, 1.82) is 0 Å². The molecule has 10 aromatic rings. The Hall–Kier alpha value is -5.65. The molecule has 0 atom stereocenters. The summed E-state index contributed by atoms with van der Waals surface area (Å²) < 4.78 is 14.9. The van der Waals surface area contributed by atoms with Gasteiger partial charge in [0.05, 0.1) is 0 Å². The van der Waals surface area contributed by atoms with Crippen LogP contribution in [0.15, 0.2) is 142 Å². The number of aromatic nitrogens is 1. The van der Waals surface area contributed by atoms with Crippen molar-refractivity contribution in [2.75, 3.05) is 4.90 Å². The van der Waals surface area contributed by atoms with E-state index in [1.54, 1.807) is 0 Å². The highest BCUT2D eigenvalue weighted by Crippen LogP contribution is 2.43. The molecule has 0 unspecified atom stereocenters. The monoisotopic (exact) mass is 582 g/mol. The van der Waals surface area contributed by atoms with Crippen molar-refractivity contribution in [3.05, 3.63) is 134 Å². The zero-order valence-electron chi connectivity index (χ0n) is 23.3. The van der Waals surface area contributed by atoms with Gasteiger partial charge in [-0.25, -0.2) is 4.98 Å². The van der Waals surface area contributed by atoms with Crippen molar-refractivity contribution < 1.29 is 8.83 Å². The molecular weight excluding hydrogens is 561 g/mol. The number of fused-ring (bicyclic) bond motifs is 11. The van der Waals surface area contributed by atoms with E-state index in [0.717, 1.165) is 71.8 Å². The fourth-order valence-electron chi connectivity index (χ4n) is 6.67. The van der Waals surface area contributed by atoms with Crippen LogP contribution in [0.25, 0.3) is 74.8 Å². The minimum atomic E-state index is 0.845. The third-order valence-electron chi connectivity index (χ3n) is 8.70. The molecule has 6 aromatic carbocycles. The molecule has 0 saturated heterocycles. The van der Waals surface area contributed by atoms with E-state index in [1.165, 1.54) is 20.2 Å². The van der Waals surface area contributed by atoms with Gasteiger partial charge in [-0.05, 0) is 66.0 Å². The van der Waals surface area contributed by atoms with Gasteiger partial charge in [0.25, 0.3) is 0 Å². The van der Waals surface area contributed by atoms with E-state index in [2.05, 4.69) is 108 Å². The van der Waals surface area contributed by atoms with Crippen molar-refractivity contribution in [2.24, 2.45) is 0 Å². The Morgan fingerprint density at radius 3 is 2.05 bits per heavy atom. The normalized spacial score (nSPS) is 12.1. The summed E-state index contributed by atoms with van der Waals surface area (Å²) in [5, 5.41) is 9.13. The highest BCUT2D eigenvalue weighted by molar-refractivity contribution is 7.25. The molecule has 0 bridgehead atoms. The fourth-order valence-corrected chi connectivity index (χ4v) is 7.81. The number of para-hydroxylation sites is 2. The molecule has 0 N–H and O–H groups in total. The van der Waals surface area contributed by atoms with Gasteiger partial charge in [0.2, 0.25) is 0 Å². The fraction of sp³-hybridized carbons (Fsp3) is 0. The largest absolute Gasteiger partial charge is 0.456 e. The van der Waals surface area contributed by atoms with Crippen molar-refractivity contribution in [1.82, 2.24) is 4.98 Å². The molecule has 0 aliphatic carbocycles. The lowest BCUT2D eigenvalue weighted by molar-refractivity contribution is 0.668. The summed E-state index contributed by atoms with van der Waals surface area (Å²) in [6, 6.07) is 44.5. The minimum absolute atomic E-state index is 0.845. The molecule has 4 heterocycles. The number of anilines is 3. The molecule has 0 aliphatic rings. The summed E-state index contributed by atoms with van der Waals surface area (Å²) in [6.45, 7) is 0. The molecule has 4 aromatic heterocycles. The van der Waals surface area contributed by atoms with Crippen LogP contribution in [0.4, 0.5) is 17.2 Å². The van der Waals surface area contributed by atoms with E-state index in [1.807, 2.05) is 41.8 Å². The van der Waals surface area contributed by atoms with E-state index in [9.17, 15) is 0 Å². The maximum Gasteiger partial charge on any atom is 0.138 e. The van der Waals surface area contributed by atoms with Crippen LogP contribution in [-0.2, 0) is 0 Å². The Kier molecular flexibility index (Phi) is 4.84. The summed E-state index contributed by atoms with van der Waals surface area (Å²) in [4.78, 5) is 7.37. The molecule has 0 fully saturated rings. The first-order valence-electron chi connectivity index (χ1n) is 14.6. The number of furan rings is 2. The van der Waals surface area contributed by atoms with Crippen LogP contribution in [0.2, 0.25) is 0 Å². The predicted molar refractivity (Wildman–Crippen MR) is 184 cm³/mol. The van der Waals surface area contributed by atoms with Gasteiger partial charge < -0.3 is 8.83 Å². The number of nitrogens with zero attached hydrogens (tertiary/aromatic N) is 2. The number of rotatable bonds is 3. The molecule has 0 radical (unpaired) electrons. The summed E-state index contributed by atoms with van der Waals surface area (Å²) in [7, 11) is 0. The smallest absolute Gasteiger partial charge is 0.138 e. The molecule has 0 amide bonds. The SMILES string of the molecule is c1ccc2c(c1)oc1ccc(N(c3ccc4c(c3)sc3ccccc34)c3cc4ccc5oc6ccccc6c5c4cn3)cc12. The Labute approximate surface area is 255 Å². The lowest BCUT2D eigenvalue weighted by atomic mass is 10.1. The average molecular weight is 583 g/mol. The maximum absolute atomic E-state index is 6.17. The Morgan fingerprint density at radius 2 is 1.14 bits per heavy atom. The Bertz CT molecular complexity index is 2750. The van der Waals surface area contributed by atoms with Crippen molar-refractivity contribution in [3.63, 3.8) is 0 Å². The molecule has 5 heteroatoms. The van der Waals surface area contributed by atoms with Gasteiger partial charge in [0.15, 0.2) is 0 Å². The van der Waals surface area contributed by atoms with E-state index < -0.39 is 0 Å². The first-order valence-corrected chi connectivity index (χ1v) is 15.4. The summed E-state index contributed by atoms with van der Waals surface area (Å²) in [6.07, 6.45) is 1.99. The van der Waals surface area contributed by atoms with Crippen molar-refractivity contribution >= 4 is 103 Å². The maximum atomic E-state index is 6.17. The number of pyridine rings is 1. The zero-order chi connectivity index (χ0) is 28.8. The van der Waals surface area contributed by atoms with Crippen LogP contribution < -0.4 is 4.90 Å². The van der Waals surface area contributed by atoms with Crippen LogP contribution in [-0.4, -0.2) is 4.98 Å². The van der Waals surface area contributed by atoms with E-state index in [-0.39, 0.29) is 0 Å². The second-order valence-corrected chi connectivity index (χ2v) is 12.3. The van der Waals surface area contributed by atoms with Gasteiger partial charge in [0, 0.05) is 64.7 Å². The van der Waals surface area contributed by atoms with Crippen LogP contribution in [0.5, 0.6) is 0 Å². The Morgan fingerprint density at radius 1 is 0.477 bits per heavy atom. The van der Waals surface area contributed by atoms with Gasteiger partial charge in [-0.15, -0.1) is 11.3 Å². The lowest BCUT2D eigenvalue weighted by Gasteiger charge is -2.25. The Balaban J connectivity index is 1.22. The van der Waals surface area contributed by atoms with E-state index in [4.69, 9.17) is 13.8 Å². The minimum Gasteiger partial charge on any atom is -0.456 e. The molecule has 0 spiro atoms. The first-order chi connectivity index (χ1) is 21.8. The van der Waals surface area contributed by atoms with Crippen LogP contribution in [0, 0.1) is 0 Å². The van der Waals surface area contributed by atoms with Gasteiger partial charge >= 0.3 is 0 Å². The van der Waals surface area contributed by atoms with Crippen molar-refractivity contribution in [3.8, 4) is 0 Å². The second kappa shape index (κ2) is 8.93. The summed E-state index contributed by atoms with van der Waals surface area (Å²) >= 11 is 1.82.